The van der Waals surface area contributed by atoms with Gasteiger partial charge in [0.05, 0.1) is 11.2 Å². The summed E-state index contributed by atoms with van der Waals surface area (Å²) >= 11 is 0. The summed E-state index contributed by atoms with van der Waals surface area (Å²) in [6.07, 6.45) is 4.84. The van der Waals surface area contributed by atoms with E-state index >= 15 is 0 Å². The van der Waals surface area contributed by atoms with Crippen LogP contribution in [0.2, 0.25) is 0 Å². The Balaban J connectivity index is 1.14. The van der Waals surface area contributed by atoms with Gasteiger partial charge in [-0.15, -0.1) is 0 Å². The molecular formula is C73H80BN3. The number of anilines is 8. The molecule has 2 unspecified atom stereocenters. The van der Waals surface area contributed by atoms with Gasteiger partial charge in [-0.3, -0.25) is 0 Å². The Hall–Kier alpha value is -6.78. The summed E-state index contributed by atoms with van der Waals surface area (Å²) in [4.78, 5) is 8.05. The zero-order chi connectivity index (χ0) is 54.4. The Morgan fingerprint density at radius 2 is 0.909 bits per heavy atom. The van der Waals surface area contributed by atoms with Gasteiger partial charge < -0.3 is 14.7 Å². The van der Waals surface area contributed by atoms with Crippen molar-refractivity contribution < 1.29 is 0 Å². The van der Waals surface area contributed by atoms with Crippen molar-refractivity contribution in [3.63, 3.8) is 0 Å². The molecule has 1 saturated carbocycles. The third-order valence-electron chi connectivity index (χ3n) is 18.7. The molecular weight excluding hydrogens is 930 g/mol. The van der Waals surface area contributed by atoms with E-state index in [0.29, 0.717) is 0 Å². The molecule has 3 nitrogen and oxygen atoms in total. The second kappa shape index (κ2) is 17.6. The average Bonchev–Trinajstić information content (AvgIpc) is 3.93. The third-order valence-corrected chi connectivity index (χ3v) is 18.7. The van der Waals surface area contributed by atoms with E-state index < -0.39 is 0 Å². The maximum Gasteiger partial charge on any atom is 0.252 e. The van der Waals surface area contributed by atoms with Crippen LogP contribution in [0.5, 0.6) is 0 Å². The third kappa shape index (κ3) is 8.21. The lowest BCUT2D eigenvalue weighted by Crippen LogP contribution is -2.61. The number of hydrogen-bond acceptors (Lipinski definition) is 3. The maximum absolute atomic E-state index is 2.78. The van der Waals surface area contributed by atoms with E-state index in [1.807, 2.05) is 0 Å². The van der Waals surface area contributed by atoms with Crippen LogP contribution in [-0.4, -0.2) is 12.3 Å². The standard InChI is InChI=1S/C73H80BN3/c1-47-41-65-67-66(42-47)76(61-37-30-53(70(8,9)10)44-57(61)49-23-26-51(27-24-49)68(2,3)4)63-43-50(48-21-17-16-18-22-48)25-35-59(63)74(67)60-36-34-56(46-64(60)75(65)55-32-28-52(29-33-55)69(5,6)7)77-62-38-31-54(71(11,12)13)45-58(62)72(14)39-19-20-40-73(72,77)15/h16-18,21-38,41-46H,19-20,39-40H2,1-15H3. The quantitative estimate of drug-likeness (QED) is 0.159. The van der Waals surface area contributed by atoms with Gasteiger partial charge in [0.2, 0.25) is 0 Å². The molecule has 0 spiro atoms. The van der Waals surface area contributed by atoms with Crippen LogP contribution in [0.1, 0.15) is 156 Å². The molecule has 8 aromatic rings. The minimum Gasteiger partial charge on any atom is -0.334 e. The molecule has 3 aliphatic heterocycles. The number of aryl methyl sites for hydroxylation is 1. The van der Waals surface area contributed by atoms with Crippen LogP contribution in [0.25, 0.3) is 22.3 Å². The Labute approximate surface area is 462 Å². The van der Waals surface area contributed by atoms with E-state index in [-0.39, 0.29) is 39.3 Å². The minimum atomic E-state index is -0.0903. The number of hydrogen-bond donors (Lipinski definition) is 0. The van der Waals surface area contributed by atoms with Crippen LogP contribution < -0.4 is 31.1 Å². The number of benzene rings is 8. The van der Waals surface area contributed by atoms with Crippen molar-refractivity contribution in [3.8, 4) is 22.3 Å². The highest BCUT2D eigenvalue weighted by Crippen LogP contribution is 2.62. The van der Waals surface area contributed by atoms with Gasteiger partial charge in [-0.25, -0.2) is 0 Å². The molecule has 390 valence electrons. The SMILES string of the molecule is Cc1cc2c3c(c1)N(c1ccc(C(C)(C)C)cc1-c1ccc(C(C)(C)C)cc1)c1cc(-c4ccccc4)ccc1B3c1ccc(N3c4ccc(C(C)(C)C)cc4C4(C)CCCCC34C)cc1N2c1ccc(C(C)(C)C)cc1. The van der Waals surface area contributed by atoms with Crippen LogP contribution >= 0.6 is 0 Å². The van der Waals surface area contributed by atoms with Gasteiger partial charge in [-0.2, -0.15) is 0 Å². The molecule has 12 rings (SSSR count). The van der Waals surface area contributed by atoms with Crippen LogP contribution in [0.3, 0.4) is 0 Å². The van der Waals surface area contributed by atoms with Gasteiger partial charge in [-0.05, 0) is 175 Å². The summed E-state index contributed by atoms with van der Waals surface area (Å²) < 4.78 is 0. The summed E-state index contributed by atoms with van der Waals surface area (Å²) in [5, 5.41) is 0. The Morgan fingerprint density at radius 1 is 0.403 bits per heavy atom. The highest BCUT2D eigenvalue weighted by atomic mass is 15.3. The molecule has 0 radical (unpaired) electrons. The lowest BCUT2D eigenvalue weighted by atomic mass is 9.33. The van der Waals surface area contributed by atoms with Crippen molar-refractivity contribution in [1.82, 2.24) is 0 Å². The zero-order valence-corrected chi connectivity index (χ0v) is 48.8. The first-order valence-corrected chi connectivity index (χ1v) is 28.7. The van der Waals surface area contributed by atoms with Crippen molar-refractivity contribution in [2.24, 2.45) is 0 Å². The van der Waals surface area contributed by atoms with Gasteiger partial charge in [0.1, 0.15) is 0 Å². The van der Waals surface area contributed by atoms with E-state index in [9.17, 15) is 0 Å². The number of nitrogens with zero attached hydrogens (tertiary/aromatic N) is 3. The topological polar surface area (TPSA) is 9.72 Å². The fraction of sp³-hybridized carbons (Fsp3) is 0.342. The Bertz CT molecular complexity index is 3620. The minimum absolute atomic E-state index is 0.0135. The normalized spacial score (nSPS) is 18.9. The van der Waals surface area contributed by atoms with E-state index in [1.165, 1.54) is 137 Å². The second-order valence-corrected chi connectivity index (χ2v) is 27.9. The van der Waals surface area contributed by atoms with E-state index in [4.69, 9.17) is 0 Å². The molecule has 0 saturated heterocycles. The largest absolute Gasteiger partial charge is 0.334 e. The van der Waals surface area contributed by atoms with Gasteiger partial charge in [0.15, 0.2) is 0 Å². The summed E-state index contributed by atoms with van der Waals surface area (Å²) in [6, 6.07) is 64.5. The Kier molecular flexibility index (Phi) is 11.7. The summed E-state index contributed by atoms with van der Waals surface area (Å²) in [7, 11) is 0. The molecule has 1 fully saturated rings. The van der Waals surface area contributed by atoms with E-state index in [1.54, 1.807) is 0 Å². The van der Waals surface area contributed by atoms with Gasteiger partial charge in [-0.1, -0.05) is 206 Å². The maximum atomic E-state index is 2.78. The molecule has 8 aromatic carbocycles. The van der Waals surface area contributed by atoms with Crippen molar-refractivity contribution in [3.05, 3.63) is 197 Å². The first-order valence-electron chi connectivity index (χ1n) is 28.7. The highest BCUT2D eigenvalue weighted by Gasteiger charge is 2.58. The fourth-order valence-corrected chi connectivity index (χ4v) is 13.9. The molecule has 0 aromatic heterocycles. The first-order chi connectivity index (χ1) is 36.3. The molecule has 0 amide bonds. The summed E-state index contributed by atoms with van der Waals surface area (Å²) in [5.74, 6) is 0. The Morgan fingerprint density at radius 3 is 1.53 bits per heavy atom. The van der Waals surface area contributed by atoms with Gasteiger partial charge in [0, 0.05) is 50.8 Å². The fourth-order valence-electron chi connectivity index (χ4n) is 13.9. The molecule has 0 N–H and O–H groups in total. The monoisotopic (exact) mass is 1010 g/mol. The number of rotatable bonds is 5. The zero-order valence-electron chi connectivity index (χ0n) is 48.8. The van der Waals surface area contributed by atoms with Crippen LogP contribution in [0, 0.1) is 6.92 Å². The van der Waals surface area contributed by atoms with E-state index in [2.05, 4.69) is 282 Å². The molecule has 0 bridgehead atoms. The predicted molar refractivity (Wildman–Crippen MR) is 334 cm³/mol. The van der Waals surface area contributed by atoms with Crippen molar-refractivity contribution in [1.29, 1.82) is 0 Å². The van der Waals surface area contributed by atoms with Crippen molar-refractivity contribution in [2.75, 3.05) is 14.7 Å². The predicted octanol–water partition coefficient (Wildman–Crippen LogP) is 18.3. The van der Waals surface area contributed by atoms with Crippen LogP contribution in [0.4, 0.5) is 45.5 Å². The van der Waals surface area contributed by atoms with E-state index in [0.717, 1.165) is 6.42 Å². The average molecular weight is 1010 g/mol. The summed E-state index contributed by atoms with van der Waals surface area (Å²) in [5.41, 5.74) is 27.0. The molecule has 77 heavy (non-hydrogen) atoms. The van der Waals surface area contributed by atoms with Crippen molar-refractivity contribution in [2.45, 2.75) is 162 Å². The smallest absolute Gasteiger partial charge is 0.252 e. The molecule has 1 aliphatic carbocycles. The highest BCUT2D eigenvalue weighted by molar-refractivity contribution is 7.00. The van der Waals surface area contributed by atoms with Gasteiger partial charge >= 0.3 is 0 Å². The molecule has 4 aliphatic rings. The molecule has 4 heteroatoms. The molecule has 2 atom stereocenters. The lowest BCUT2D eigenvalue weighted by Gasteiger charge is -2.50. The van der Waals surface area contributed by atoms with Gasteiger partial charge in [0.25, 0.3) is 6.71 Å². The van der Waals surface area contributed by atoms with Crippen LogP contribution in [0.15, 0.2) is 164 Å². The second-order valence-electron chi connectivity index (χ2n) is 27.9. The summed E-state index contributed by atoms with van der Waals surface area (Å²) in [6.45, 7) is 35.4. The lowest BCUT2D eigenvalue weighted by molar-refractivity contribution is 0.195. The first kappa shape index (κ1) is 51.0. The number of fused-ring (bicyclic) bond motifs is 7. The van der Waals surface area contributed by atoms with Crippen molar-refractivity contribution >= 4 is 68.6 Å². The molecule has 3 heterocycles. The van der Waals surface area contributed by atoms with Crippen LogP contribution in [-0.2, 0) is 27.1 Å².